The highest BCUT2D eigenvalue weighted by Crippen LogP contribution is 2.24. The molecule has 0 radical (unpaired) electrons. The zero-order chi connectivity index (χ0) is 12.3. The summed E-state index contributed by atoms with van der Waals surface area (Å²) >= 11 is 0. The molecule has 0 bridgehead atoms. The second-order valence-electron chi connectivity index (χ2n) is 4.04. The number of nitrogen functional groups attached to an aromatic ring is 1. The van der Waals surface area contributed by atoms with Gasteiger partial charge in [-0.3, -0.25) is 0 Å². The van der Waals surface area contributed by atoms with Crippen molar-refractivity contribution in [1.29, 1.82) is 0 Å². The smallest absolute Gasteiger partial charge is 0.148 e. The van der Waals surface area contributed by atoms with Crippen LogP contribution in [0.1, 0.15) is 5.69 Å². The molecule has 4 heteroatoms. The van der Waals surface area contributed by atoms with Gasteiger partial charge in [0.2, 0.25) is 0 Å². The normalized spacial score (nSPS) is 10.5. The molecule has 0 saturated heterocycles. The van der Waals surface area contributed by atoms with E-state index in [0.717, 1.165) is 24.3 Å². The molecule has 90 valence electrons. The fraction of sp³-hybridized carbons (Fsp3) is 0.231. The van der Waals surface area contributed by atoms with Crippen LogP contribution in [0, 0.1) is 5.82 Å². The Morgan fingerprint density at radius 1 is 1.29 bits per heavy atom. The maximum Gasteiger partial charge on any atom is 0.148 e. The standard InChI is InChI=1S/C13H16FN3/c1-17(9-7-10-4-3-8-16-10)12-6-2-5-11(14)13(12)15/h2-6,8,16H,7,9,15H2,1H3. The van der Waals surface area contributed by atoms with E-state index in [-0.39, 0.29) is 11.5 Å². The van der Waals surface area contributed by atoms with Crippen LogP contribution in [0.15, 0.2) is 36.5 Å². The maximum absolute atomic E-state index is 13.3. The molecule has 1 aromatic carbocycles. The zero-order valence-electron chi connectivity index (χ0n) is 9.78. The molecule has 0 spiro atoms. The molecule has 1 heterocycles. The van der Waals surface area contributed by atoms with Crippen LogP contribution in [0.2, 0.25) is 0 Å². The average Bonchev–Trinajstić information content (AvgIpc) is 2.82. The minimum Gasteiger partial charge on any atom is -0.395 e. The summed E-state index contributed by atoms with van der Waals surface area (Å²) in [5.41, 5.74) is 7.81. The average molecular weight is 233 g/mol. The Morgan fingerprint density at radius 2 is 2.12 bits per heavy atom. The number of aromatic amines is 1. The van der Waals surface area contributed by atoms with Crippen LogP contribution >= 0.6 is 0 Å². The van der Waals surface area contributed by atoms with Crippen LogP contribution in [0.25, 0.3) is 0 Å². The molecule has 2 rings (SSSR count). The first-order valence-corrected chi connectivity index (χ1v) is 5.56. The van der Waals surface area contributed by atoms with Crippen LogP contribution in [0.3, 0.4) is 0 Å². The van der Waals surface area contributed by atoms with Crippen molar-refractivity contribution in [3.8, 4) is 0 Å². The number of rotatable bonds is 4. The SMILES string of the molecule is CN(CCc1ccc[nH]1)c1cccc(F)c1N. The Hall–Kier alpha value is -1.97. The van der Waals surface area contributed by atoms with Crippen LogP contribution in [0.4, 0.5) is 15.8 Å². The number of hydrogen-bond acceptors (Lipinski definition) is 2. The number of nitrogens with one attached hydrogen (secondary N) is 1. The van der Waals surface area contributed by atoms with E-state index < -0.39 is 0 Å². The maximum atomic E-state index is 13.3. The van der Waals surface area contributed by atoms with Gasteiger partial charge in [-0.1, -0.05) is 6.07 Å². The van der Waals surface area contributed by atoms with Crippen molar-refractivity contribution in [3.63, 3.8) is 0 Å². The van der Waals surface area contributed by atoms with Crippen molar-refractivity contribution in [3.05, 3.63) is 48.0 Å². The largest absolute Gasteiger partial charge is 0.395 e. The van der Waals surface area contributed by atoms with E-state index in [1.54, 1.807) is 6.07 Å². The van der Waals surface area contributed by atoms with E-state index in [1.807, 2.05) is 36.3 Å². The molecular weight excluding hydrogens is 217 g/mol. The predicted octanol–water partition coefficient (Wildman–Crippen LogP) is 2.41. The van der Waals surface area contributed by atoms with Gasteiger partial charge in [0, 0.05) is 31.9 Å². The highest BCUT2D eigenvalue weighted by molar-refractivity contribution is 5.67. The highest BCUT2D eigenvalue weighted by atomic mass is 19.1. The third-order valence-corrected chi connectivity index (χ3v) is 2.82. The minimum absolute atomic E-state index is 0.210. The van der Waals surface area contributed by atoms with E-state index in [1.165, 1.54) is 6.07 Å². The number of hydrogen-bond donors (Lipinski definition) is 2. The topological polar surface area (TPSA) is 45.0 Å². The van der Waals surface area contributed by atoms with Gasteiger partial charge >= 0.3 is 0 Å². The summed E-state index contributed by atoms with van der Waals surface area (Å²) in [5, 5.41) is 0. The quantitative estimate of drug-likeness (QED) is 0.796. The lowest BCUT2D eigenvalue weighted by molar-refractivity contribution is 0.632. The molecule has 3 N–H and O–H groups in total. The number of likely N-dealkylation sites (N-methyl/N-ethyl adjacent to an activating group) is 1. The zero-order valence-corrected chi connectivity index (χ0v) is 9.78. The van der Waals surface area contributed by atoms with E-state index in [9.17, 15) is 4.39 Å². The molecule has 0 atom stereocenters. The fourth-order valence-corrected chi connectivity index (χ4v) is 1.79. The van der Waals surface area contributed by atoms with Gasteiger partial charge < -0.3 is 15.6 Å². The van der Waals surface area contributed by atoms with E-state index in [2.05, 4.69) is 4.98 Å². The molecule has 2 aromatic rings. The van der Waals surface area contributed by atoms with Crippen molar-refractivity contribution in [2.45, 2.75) is 6.42 Å². The van der Waals surface area contributed by atoms with Crippen LogP contribution in [-0.4, -0.2) is 18.6 Å². The van der Waals surface area contributed by atoms with E-state index >= 15 is 0 Å². The number of H-pyrrole nitrogens is 1. The lowest BCUT2D eigenvalue weighted by atomic mass is 10.2. The third-order valence-electron chi connectivity index (χ3n) is 2.82. The number of aromatic nitrogens is 1. The third kappa shape index (κ3) is 2.58. The van der Waals surface area contributed by atoms with E-state index in [0.29, 0.717) is 0 Å². The van der Waals surface area contributed by atoms with Gasteiger partial charge in [0.25, 0.3) is 0 Å². The summed E-state index contributed by atoms with van der Waals surface area (Å²) in [5.74, 6) is -0.366. The number of halogens is 1. The summed E-state index contributed by atoms with van der Waals surface area (Å²) in [6, 6.07) is 8.87. The lowest BCUT2D eigenvalue weighted by Gasteiger charge is -2.20. The van der Waals surface area contributed by atoms with Crippen molar-refractivity contribution >= 4 is 11.4 Å². The molecular formula is C13H16FN3. The second-order valence-corrected chi connectivity index (χ2v) is 4.04. The molecule has 0 unspecified atom stereocenters. The van der Waals surface area contributed by atoms with Crippen molar-refractivity contribution in [2.75, 3.05) is 24.2 Å². The number of nitrogens with zero attached hydrogens (tertiary/aromatic N) is 1. The van der Waals surface area contributed by atoms with Gasteiger partial charge in [-0.15, -0.1) is 0 Å². The van der Waals surface area contributed by atoms with Crippen LogP contribution < -0.4 is 10.6 Å². The second kappa shape index (κ2) is 4.91. The van der Waals surface area contributed by atoms with Crippen molar-refractivity contribution < 1.29 is 4.39 Å². The summed E-state index contributed by atoms with van der Waals surface area (Å²) < 4.78 is 13.3. The summed E-state index contributed by atoms with van der Waals surface area (Å²) in [6.45, 7) is 0.786. The summed E-state index contributed by atoms with van der Waals surface area (Å²) in [7, 11) is 1.91. The molecule has 0 aliphatic rings. The molecule has 17 heavy (non-hydrogen) atoms. The molecule has 3 nitrogen and oxygen atoms in total. The number of para-hydroxylation sites is 1. The first-order valence-electron chi connectivity index (χ1n) is 5.56. The monoisotopic (exact) mass is 233 g/mol. The van der Waals surface area contributed by atoms with Gasteiger partial charge in [-0.25, -0.2) is 4.39 Å². The van der Waals surface area contributed by atoms with Crippen molar-refractivity contribution in [2.24, 2.45) is 0 Å². The lowest BCUT2D eigenvalue weighted by Crippen LogP contribution is -2.21. The molecule has 0 aliphatic heterocycles. The first kappa shape index (κ1) is 11.5. The Bertz CT molecular complexity index is 479. The molecule has 0 aliphatic carbocycles. The van der Waals surface area contributed by atoms with Gasteiger partial charge in [-0.05, 0) is 24.3 Å². The minimum atomic E-state index is -0.366. The Balaban J connectivity index is 2.04. The summed E-state index contributed by atoms with van der Waals surface area (Å²) in [6.07, 6.45) is 2.77. The van der Waals surface area contributed by atoms with Gasteiger partial charge in [0.05, 0.1) is 11.4 Å². The van der Waals surface area contributed by atoms with Gasteiger partial charge in [0.1, 0.15) is 5.82 Å². The Kier molecular flexibility index (Phi) is 3.32. The van der Waals surface area contributed by atoms with Crippen LogP contribution in [0.5, 0.6) is 0 Å². The molecule has 0 fully saturated rings. The molecule has 1 aromatic heterocycles. The Morgan fingerprint density at radius 3 is 2.82 bits per heavy atom. The highest BCUT2D eigenvalue weighted by Gasteiger charge is 2.08. The van der Waals surface area contributed by atoms with Gasteiger partial charge in [0.15, 0.2) is 0 Å². The fourth-order valence-electron chi connectivity index (χ4n) is 1.79. The van der Waals surface area contributed by atoms with Gasteiger partial charge in [-0.2, -0.15) is 0 Å². The predicted molar refractivity (Wildman–Crippen MR) is 68.6 cm³/mol. The van der Waals surface area contributed by atoms with E-state index in [4.69, 9.17) is 5.73 Å². The summed E-state index contributed by atoms with van der Waals surface area (Å²) in [4.78, 5) is 5.10. The Labute approximate surface area is 100 Å². The molecule has 0 amide bonds. The van der Waals surface area contributed by atoms with Crippen molar-refractivity contribution in [1.82, 2.24) is 4.98 Å². The first-order chi connectivity index (χ1) is 8.18. The molecule has 0 saturated carbocycles. The number of benzene rings is 1. The number of nitrogens with two attached hydrogens (primary N) is 1. The van der Waals surface area contributed by atoms with Crippen LogP contribution in [-0.2, 0) is 6.42 Å². The number of anilines is 2.